The zero-order valence-corrected chi connectivity index (χ0v) is 15.0. The van der Waals surface area contributed by atoms with Crippen LogP contribution in [0.3, 0.4) is 0 Å². The Morgan fingerprint density at radius 3 is 2.25 bits per heavy atom. The van der Waals surface area contributed by atoms with E-state index < -0.39 is 18.1 Å². The summed E-state index contributed by atoms with van der Waals surface area (Å²) in [6.07, 6.45) is -0.586. The maximum Gasteiger partial charge on any atom is 0.313 e. The molecule has 2 N–H and O–H groups in total. The van der Waals surface area contributed by atoms with Gasteiger partial charge in [-0.15, -0.1) is 0 Å². The molecule has 1 aromatic rings. The molecule has 1 rings (SSSR count). The fourth-order valence-electron chi connectivity index (χ4n) is 2.27. The average Bonchev–Trinajstić information content (AvgIpc) is 2.58. The molecule has 0 heterocycles. The third kappa shape index (κ3) is 5.50. The van der Waals surface area contributed by atoms with Crippen molar-refractivity contribution in [2.75, 3.05) is 44.1 Å². The topological polar surface area (TPSA) is 79.9 Å². The molecule has 0 saturated carbocycles. The first-order chi connectivity index (χ1) is 11.5. The molecule has 0 saturated heterocycles. The summed E-state index contributed by atoms with van der Waals surface area (Å²) in [6.45, 7) is 7.98. The molecule has 0 aliphatic carbocycles. The van der Waals surface area contributed by atoms with Gasteiger partial charge in [-0.1, -0.05) is 0 Å². The number of ether oxygens (including phenoxy) is 2. The molecular weight excluding hydrogens is 310 g/mol. The third-order valence-electron chi connectivity index (χ3n) is 3.75. The van der Waals surface area contributed by atoms with Crippen LogP contribution in [0.5, 0.6) is 0 Å². The largest absolute Gasteiger partial charge is 0.372 e. The molecule has 134 valence electrons. The van der Waals surface area contributed by atoms with Gasteiger partial charge < -0.3 is 25.0 Å². The van der Waals surface area contributed by atoms with Gasteiger partial charge in [0.15, 0.2) is 6.29 Å². The predicted octanol–water partition coefficient (Wildman–Crippen LogP) is 1.51. The number of aryl methyl sites for hydroxylation is 1. The van der Waals surface area contributed by atoms with E-state index in [0.29, 0.717) is 5.69 Å². The summed E-state index contributed by atoms with van der Waals surface area (Å²) in [5.74, 6) is -1.46. The molecule has 0 bridgehead atoms. The van der Waals surface area contributed by atoms with E-state index >= 15 is 0 Å². The first kappa shape index (κ1) is 19.9. The number of carbonyl (C=O) groups excluding carboxylic acids is 2. The van der Waals surface area contributed by atoms with Crippen molar-refractivity contribution in [3.05, 3.63) is 23.8 Å². The third-order valence-corrected chi connectivity index (χ3v) is 3.75. The van der Waals surface area contributed by atoms with Crippen molar-refractivity contribution >= 4 is 23.2 Å². The van der Waals surface area contributed by atoms with Crippen LogP contribution in [0, 0.1) is 6.92 Å². The highest BCUT2D eigenvalue weighted by Gasteiger charge is 2.16. The van der Waals surface area contributed by atoms with Crippen LogP contribution in [0.1, 0.15) is 19.4 Å². The zero-order chi connectivity index (χ0) is 18.1. The first-order valence-corrected chi connectivity index (χ1v) is 7.97. The maximum atomic E-state index is 12.0. The molecule has 7 nitrogen and oxygen atoms in total. The summed E-state index contributed by atoms with van der Waals surface area (Å²) < 4.78 is 9.90. The Bertz CT molecular complexity index is 555. The molecule has 24 heavy (non-hydrogen) atoms. The molecule has 7 heteroatoms. The molecule has 0 spiro atoms. The highest BCUT2D eigenvalue weighted by molar-refractivity contribution is 6.39. The van der Waals surface area contributed by atoms with Gasteiger partial charge in [0.05, 0.1) is 6.54 Å². The second-order valence-corrected chi connectivity index (χ2v) is 5.24. The van der Waals surface area contributed by atoms with Gasteiger partial charge in [0.2, 0.25) is 0 Å². The fraction of sp³-hybridized carbons (Fsp3) is 0.529. The second-order valence-electron chi connectivity index (χ2n) is 5.24. The van der Waals surface area contributed by atoms with Gasteiger partial charge in [-0.05, 0) is 44.5 Å². The lowest BCUT2D eigenvalue weighted by Crippen LogP contribution is -2.40. The predicted molar refractivity (Wildman–Crippen MR) is 94.2 cm³/mol. The van der Waals surface area contributed by atoms with Crippen LogP contribution in [0.4, 0.5) is 11.4 Å². The minimum Gasteiger partial charge on any atom is -0.372 e. The van der Waals surface area contributed by atoms with Gasteiger partial charge in [-0.2, -0.15) is 0 Å². The molecule has 0 radical (unpaired) electrons. The Balaban J connectivity index is 2.68. The monoisotopic (exact) mass is 337 g/mol. The van der Waals surface area contributed by atoms with Crippen LogP contribution in [-0.2, 0) is 19.1 Å². The number of hydrogen-bond acceptors (Lipinski definition) is 5. The Kier molecular flexibility index (Phi) is 8.21. The summed E-state index contributed by atoms with van der Waals surface area (Å²) in [7, 11) is 2.92. The number of carbonyl (C=O) groups is 2. The summed E-state index contributed by atoms with van der Waals surface area (Å²) in [5, 5.41) is 5.08. The highest BCUT2D eigenvalue weighted by Crippen LogP contribution is 2.22. The highest BCUT2D eigenvalue weighted by atomic mass is 16.7. The molecule has 0 aromatic heterocycles. The van der Waals surface area contributed by atoms with Gasteiger partial charge in [0.25, 0.3) is 0 Å². The Morgan fingerprint density at radius 2 is 1.75 bits per heavy atom. The normalized spacial score (nSPS) is 10.6. The molecular formula is C17H27N3O4. The van der Waals surface area contributed by atoms with Crippen LogP contribution in [0.25, 0.3) is 0 Å². The Hall–Kier alpha value is -2.12. The molecule has 2 amide bonds. The number of amides is 2. The van der Waals surface area contributed by atoms with Gasteiger partial charge in [0.1, 0.15) is 0 Å². The summed E-state index contributed by atoms with van der Waals surface area (Å²) in [4.78, 5) is 26.0. The fourth-order valence-corrected chi connectivity index (χ4v) is 2.27. The molecule has 0 aliphatic rings. The molecule has 1 aromatic carbocycles. The van der Waals surface area contributed by atoms with Crippen molar-refractivity contribution in [1.82, 2.24) is 5.32 Å². The van der Waals surface area contributed by atoms with Crippen molar-refractivity contribution in [3.63, 3.8) is 0 Å². The SMILES string of the molecule is CCN(CC)c1ccc(NC(=O)C(=O)NCC(OC)OC)c(C)c1. The second kappa shape index (κ2) is 9.89. The molecule has 0 atom stereocenters. The summed E-state index contributed by atoms with van der Waals surface area (Å²) in [5.41, 5.74) is 2.59. The van der Waals surface area contributed by atoms with Crippen LogP contribution < -0.4 is 15.5 Å². The van der Waals surface area contributed by atoms with E-state index in [1.54, 1.807) is 6.07 Å². The number of nitrogens with one attached hydrogen (secondary N) is 2. The minimum absolute atomic E-state index is 0.0964. The van der Waals surface area contributed by atoms with Crippen molar-refractivity contribution in [2.45, 2.75) is 27.1 Å². The summed E-state index contributed by atoms with van der Waals surface area (Å²) >= 11 is 0. The van der Waals surface area contributed by atoms with E-state index in [9.17, 15) is 9.59 Å². The lowest BCUT2D eigenvalue weighted by atomic mass is 10.1. The number of rotatable bonds is 8. The Labute approximate surface area is 143 Å². The average molecular weight is 337 g/mol. The van der Waals surface area contributed by atoms with Crippen molar-refractivity contribution in [3.8, 4) is 0 Å². The van der Waals surface area contributed by atoms with Crippen molar-refractivity contribution in [2.24, 2.45) is 0 Å². The number of nitrogens with zero attached hydrogens (tertiary/aromatic N) is 1. The quantitative estimate of drug-likeness (QED) is 0.555. The van der Waals surface area contributed by atoms with E-state index in [4.69, 9.17) is 9.47 Å². The molecule has 0 fully saturated rings. The van der Waals surface area contributed by atoms with Crippen LogP contribution in [-0.4, -0.2) is 52.0 Å². The van der Waals surface area contributed by atoms with E-state index in [1.165, 1.54) is 14.2 Å². The number of methoxy groups -OCH3 is 2. The van der Waals surface area contributed by atoms with Crippen LogP contribution in [0.15, 0.2) is 18.2 Å². The van der Waals surface area contributed by atoms with E-state index in [0.717, 1.165) is 24.3 Å². The molecule has 0 aliphatic heterocycles. The summed E-state index contributed by atoms with van der Waals surface area (Å²) in [6, 6.07) is 5.73. The maximum absolute atomic E-state index is 12.0. The van der Waals surface area contributed by atoms with Crippen molar-refractivity contribution in [1.29, 1.82) is 0 Å². The lowest BCUT2D eigenvalue weighted by molar-refractivity contribution is -0.139. The van der Waals surface area contributed by atoms with Crippen LogP contribution in [0.2, 0.25) is 0 Å². The van der Waals surface area contributed by atoms with Gasteiger partial charge >= 0.3 is 11.8 Å². The van der Waals surface area contributed by atoms with Crippen molar-refractivity contribution < 1.29 is 19.1 Å². The lowest BCUT2D eigenvalue weighted by Gasteiger charge is -2.22. The number of anilines is 2. The van der Waals surface area contributed by atoms with E-state index in [1.807, 2.05) is 19.1 Å². The number of hydrogen-bond donors (Lipinski definition) is 2. The van der Waals surface area contributed by atoms with Gasteiger partial charge in [0, 0.05) is 38.7 Å². The number of benzene rings is 1. The van der Waals surface area contributed by atoms with E-state index in [2.05, 4.69) is 29.4 Å². The standard InChI is InChI=1S/C17H27N3O4/c1-6-20(7-2)13-8-9-14(12(3)10-13)19-17(22)16(21)18-11-15(23-4)24-5/h8-10,15H,6-7,11H2,1-5H3,(H,18,21)(H,19,22). The Morgan fingerprint density at radius 1 is 1.12 bits per heavy atom. The van der Waals surface area contributed by atoms with Gasteiger partial charge in [-0.25, -0.2) is 0 Å². The smallest absolute Gasteiger partial charge is 0.313 e. The van der Waals surface area contributed by atoms with Crippen LogP contribution >= 0.6 is 0 Å². The minimum atomic E-state index is -0.735. The van der Waals surface area contributed by atoms with E-state index in [-0.39, 0.29) is 6.54 Å². The first-order valence-electron chi connectivity index (χ1n) is 7.97. The van der Waals surface area contributed by atoms with Gasteiger partial charge in [-0.3, -0.25) is 9.59 Å². The molecule has 0 unspecified atom stereocenters. The zero-order valence-electron chi connectivity index (χ0n) is 15.0.